The smallest absolute Gasteiger partial charge is 0.224 e. The second-order valence-corrected chi connectivity index (χ2v) is 8.02. The highest BCUT2D eigenvalue weighted by Gasteiger charge is 2.08. The molecular weight excluding hydrogens is 378 g/mol. The van der Waals surface area contributed by atoms with Gasteiger partial charge < -0.3 is 14.8 Å². The highest BCUT2D eigenvalue weighted by molar-refractivity contribution is 7.90. The van der Waals surface area contributed by atoms with Crippen LogP contribution in [0.5, 0.6) is 11.5 Å². The molecule has 8 heteroatoms. The van der Waals surface area contributed by atoms with Crippen LogP contribution in [-0.4, -0.2) is 34.3 Å². The number of nitrogens with one attached hydrogen (secondary N) is 1. The molecule has 0 unspecified atom stereocenters. The Morgan fingerprint density at radius 3 is 2.42 bits per heavy atom. The largest absolute Gasteiger partial charge is 0.495 e. The summed E-state index contributed by atoms with van der Waals surface area (Å²) in [5, 5.41) is 3.18. The van der Waals surface area contributed by atoms with Gasteiger partial charge in [-0.05, 0) is 48.9 Å². The first-order valence-electron chi connectivity index (χ1n) is 7.86. The molecule has 0 fully saturated rings. The topological polar surface area (TPSA) is 81.7 Å². The van der Waals surface area contributed by atoms with Crippen molar-refractivity contribution in [1.82, 2.24) is 0 Å². The number of rotatable bonds is 8. The number of hydrogen-bond donors (Lipinski definition) is 1. The van der Waals surface area contributed by atoms with Crippen LogP contribution in [0, 0.1) is 0 Å². The Morgan fingerprint density at radius 2 is 1.85 bits per heavy atom. The molecule has 0 bridgehead atoms. The Bertz CT molecular complexity index is 866. The zero-order valence-corrected chi connectivity index (χ0v) is 16.1. The van der Waals surface area contributed by atoms with E-state index in [2.05, 4.69) is 5.32 Å². The maximum Gasteiger partial charge on any atom is 0.224 e. The van der Waals surface area contributed by atoms with Crippen molar-refractivity contribution >= 4 is 33.0 Å². The third kappa shape index (κ3) is 5.93. The Kier molecular flexibility index (Phi) is 6.88. The second-order valence-electron chi connectivity index (χ2n) is 5.59. The maximum atomic E-state index is 11.9. The van der Waals surface area contributed by atoms with E-state index in [9.17, 15) is 13.2 Å². The summed E-state index contributed by atoms with van der Waals surface area (Å²) in [4.78, 5) is 12.2. The molecule has 2 rings (SSSR count). The van der Waals surface area contributed by atoms with Crippen LogP contribution in [0.4, 0.5) is 5.69 Å². The van der Waals surface area contributed by atoms with E-state index in [0.29, 0.717) is 35.2 Å². The lowest BCUT2D eigenvalue weighted by atomic mass is 10.2. The zero-order valence-electron chi connectivity index (χ0n) is 14.5. The van der Waals surface area contributed by atoms with Gasteiger partial charge in [-0.25, -0.2) is 8.42 Å². The van der Waals surface area contributed by atoms with E-state index in [1.165, 1.54) is 19.2 Å². The van der Waals surface area contributed by atoms with Gasteiger partial charge in [0, 0.05) is 18.4 Å². The molecule has 0 radical (unpaired) electrons. The molecule has 0 aliphatic carbocycles. The van der Waals surface area contributed by atoms with Crippen molar-refractivity contribution in [3.63, 3.8) is 0 Å². The predicted octanol–water partition coefficient (Wildman–Crippen LogP) is 3.55. The van der Waals surface area contributed by atoms with Crippen molar-refractivity contribution in [1.29, 1.82) is 0 Å². The number of anilines is 1. The molecule has 0 aliphatic rings. The molecule has 0 aliphatic heterocycles. The first kappa shape index (κ1) is 20.1. The monoisotopic (exact) mass is 397 g/mol. The van der Waals surface area contributed by atoms with E-state index in [-0.39, 0.29) is 17.2 Å². The summed E-state index contributed by atoms with van der Waals surface area (Å²) in [6.45, 7) is 0.342. The molecule has 6 nitrogen and oxygen atoms in total. The van der Waals surface area contributed by atoms with Gasteiger partial charge in [0.15, 0.2) is 9.84 Å². The minimum Gasteiger partial charge on any atom is -0.495 e. The molecule has 0 saturated heterocycles. The quantitative estimate of drug-likeness (QED) is 0.689. The SMILES string of the molecule is COc1ccc(NC(=O)CCCOc2ccc(S(C)(=O)=O)cc2)cc1Cl. The average molecular weight is 398 g/mol. The summed E-state index contributed by atoms with van der Waals surface area (Å²) in [6, 6.07) is 11.2. The lowest BCUT2D eigenvalue weighted by Gasteiger charge is -2.09. The van der Waals surface area contributed by atoms with Gasteiger partial charge in [-0.15, -0.1) is 0 Å². The molecule has 26 heavy (non-hydrogen) atoms. The van der Waals surface area contributed by atoms with Gasteiger partial charge in [0.2, 0.25) is 5.91 Å². The van der Waals surface area contributed by atoms with Crippen LogP contribution in [0.1, 0.15) is 12.8 Å². The number of hydrogen-bond acceptors (Lipinski definition) is 5. The Morgan fingerprint density at radius 1 is 1.15 bits per heavy atom. The Hall–Kier alpha value is -2.25. The summed E-state index contributed by atoms with van der Waals surface area (Å²) in [5.74, 6) is 0.946. The number of carbonyl (C=O) groups is 1. The predicted molar refractivity (Wildman–Crippen MR) is 101 cm³/mol. The van der Waals surface area contributed by atoms with Crippen LogP contribution in [-0.2, 0) is 14.6 Å². The Balaban J connectivity index is 1.75. The Labute approximate surface area is 158 Å². The van der Waals surface area contributed by atoms with Gasteiger partial charge in [-0.1, -0.05) is 11.6 Å². The van der Waals surface area contributed by atoms with Crippen LogP contribution in [0.25, 0.3) is 0 Å². The molecule has 2 aromatic rings. The van der Waals surface area contributed by atoms with Gasteiger partial charge in [0.25, 0.3) is 0 Å². The normalized spacial score (nSPS) is 11.0. The summed E-state index contributed by atoms with van der Waals surface area (Å²) in [5.41, 5.74) is 0.595. The summed E-state index contributed by atoms with van der Waals surface area (Å²) in [6.07, 6.45) is 1.95. The van der Waals surface area contributed by atoms with Crippen molar-refractivity contribution < 1.29 is 22.7 Å². The van der Waals surface area contributed by atoms with Gasteiger partial charge in [0.1, 0.15) is 11.5 Å². The van der Waals surface area contributed by atoms with Crippen LogP contribution < -0.4 is 14.8 Å². The third-order valence-electron chi connectivity index (χ3n) is 3.50. The molecule has 0 spiro atoms. The summed E-state index contributed by atoms with van der Waals surface area (Å²) in [7, 11) is -1.70. The minimum absolute atomic E-state index is 0.151. The lowest BCUT2D eigenvalue weighted by molar-refractivity contribution is -0.116. The minimum atomic E-state index is -3.22. The second kappa shape index (κ2) is 8.91. The first-order valence-corrected chi connectivity index (χ1v) is 10.1. The summed E-state index contributed by atoms with van der Waals surface area (Å²) < 4.78 is 33.3. The molecule has 0 aromatic heterocycles. The third-order valence-corrected chi connectivity index (χ3v) is 4.93. The molecule has 1 amide bonds. The van der Waals surface area contributed by atoms with E-state index >= 15 is 0 Å². The molecule has 0 heterocycles. The molecule has 0 saturated carbocycles. The van der Waals surface area contributed by atoms with Gasteiger partial charge in [-0.3, -0.25) is 4.79 Å². The highest BCUT2D eigenvalue weighted by atomic mass is 35.5. The van der Waals surface area contributed by atoms with E-state index in [0.717, 1.165) is 6.26 Å². The van der Waals surface area contributed by atoms with Crippen LogP contribution in [0.15, 0.2) is 47.4 Å². The zero-order chi connectivity index (χ0) is 19.2. The van der Waals surface area contributed by atoms with Crippen molar-refractivity contribution in [2.24, 2.45) is 0 Å². The summed E-state index contributed by atoms with van der Waals surface area (Å²) >= 11 is 6.01. The average Bonchev–Trinajstić information content (AvgIpc) is 2.58. The fraction of sp³-hybridized carbons (Fsp3) is 0.278. The molecule has 1 N–H and O–H groups in total. The number of halogens is 1. The number of carbonyl (C=O) groups excluding carboxylic acids is 1. The van der Waals surface area contributed by atoms with Crippen molar-refractivity contribution in [2.45, 2.75) is 17.7 Å². The fourth-order valence-electron chi connectivity index (χ4n) is 2.17. The molecule has 140 valence electrons. The number of benzene rings is 2. The van der Waals surface area contributed by atoms with Crippen molar-refractivity contribution in [3.05, 3.63) is 47.5 Å². The maximum absolute atomic E-state index is 11.9. The van der Waals surface area contributed by atoms with Gasteiger partial charge in [-0.2, -0.15) is 0 Å². The fourth-order valence-corrected chi connectivity index (χ4v) is 3.06. The molecule has 2 aromatic carbocycles. The molecule has 0 atom stereocenters. The molecular formula is C18H20ClNO5S. The highest BCUT2D eigenvalue weighted by Crippen LogP contribution is 2.27. The number of amides is 1. The first-order chi connectivity index (χ1) is 12.3. The van der Waals surface area contributed by atoms with E-state index < -0.39 is 9.84 Å². The van der Waals surface area contributed by atoms with Crippen molar-refractivity contribution in [2.75, 3.05) is 25.3 Å². The lowest BCUT2D eigenvalue weighted by Crippen LogP contribution is -2.12. The van der Waals surface area contributed by atoms with Gasteiger partial charge in [0.05, 0.1) is 23.6 Å². The van der Waals surface area contributed by atoms with E-state index in [1.807, 2.05) is 0 Å². The van der Waals surface area contributed by atoms with E-state index in [4.69, 9.17) is 21.1 Å². The van der Waals surface area contributed by atoms with Crippen LogP contribution in [0.2, 0.25) is 5.02 Å². The van der Waals surface area contributed by atoms with Crippen molar-refractivity contribution in [3.8, 4) is 11.5 Å². The van der Waals surface area contributed by atoms with Crippen LogP contribution in [0.3, 0.4) is 0 Å². The standard InChI is InChI=1S/C18H20ClNO5S/c1-24-17-10-5-13(12-16(17)19)20-18(21)4-3-11-25-14-6-8-15(9-7-14)26(2,22)23/h5-10,12H,3-4,11H2,1-2H3,(H,20,21). The van der Waals surface area contributed by atoms with Gasteiger partial charge >= 0.3 is 0 Å². The number of methoxy groups -OCH3 is 1. The van der Waals surface area contributed by atoms with Crippen LogP contribution >= 0.6 is 11.6 Å². The number of ether oxygens (including phenoxy) is 2. The van der Waals surface area contributed by atoms with E-state index in [1.54, 1.807) is 30.3 Å². The number of sulfone groups is 1.